The van der Waals surface area contributed by atoms with Gasteiger partial charge in [-0.1, -0.05) is 22.0 Å². The summed E-state index contributed by atoms with van der Waals surface area (Å²) in [6.45, 7) is 0. The van der Waals surface area contributed by atoms with Crippen LogP contribution in [-0.2, 0) is 0 Å². The largest absolute Gasteiger partial charge is 0.297 e. The van der Waals surface area contributed by atoms with E-state index < -0.39 is 0 Å². The Morgan fingerprint density at radius 2 is 1.95 bits per heavy atom. The number of hydrogen-bond donors (Lipinski definition) is 1. The van der Waals surface area contributed by atoms with E-state index in [0.717, 1.165) is 16.0 Å². The van der Waals surface area contributed by atoms with Gasteiger partial charge in [-0.25, -0.2) is 0 Å². The van der Waals surface area contributed by atoms with Crippen molar-refractivity contribution in [2.45, 2.75) is 0 Å². The molecule has 1 aromatic carbocycles. The van der Waals surface area contributed by atoms with Crippen LogP contribution in [0, 0.1) is 0 Å². The van der Waals surface area contributed by atoms with E-state index in [0.29, 0.717) is 22.2 Å². The minimum Gasteiger partial charge on any atom is -0.297 e. The number of halogens is 1. The van der Waals surface area contributed by atoms with Crippen molar-refractivity contribution in [3.8, 4) is 11.5 Å². The molecular weight excluding hydrogens is 352 g/mol. The highest BCUT2D eigenvalue weighted by molar-refractivity contribution is 9.10. The summed E-state index contributed by atoms with van der Waals surface area (Å²) >= 11 is 4.46. The third-order valence-electron chi connectivity index (χ3n) is 2.65. The maximum Gasteiger partial charge on any atom is 0.257 e. The molecular formula is C14H9BrN4OS. The summed E-state index contributed by atoms with van der Waals surface area (Å²) in [4.78, 5) is 20.5. The van der Waals surface area contributed by atoms with Crippen molar-refractivity contribution in [1.82, 2.24) is 14.3 Å². The lowest BCUT2D eigenvalue weighted by Crippen LogP contribution is -2.11. The first-order valence-electron chi connectivity index (χ1n) is 6.04. The van der Waals surface area contributed by atoms with Gasteiger partial charge < -0.3 is 0 Å². The van der Waals surface area contributed by atoms with Crippen molar-refractivity contribution >= 4 is 38.5 Å². The Hall–Kier alpha value is -2.12. The predicted molar refractivity (Wildman–Crippen MR) is 85.2 cm³/mol. The van der Waals surface area contributed by atoms with Crippen molar-refractivity contribution in [3.63, 3.8) is 0 Å². The van der Waals surface area contributed by atoms with Crippen LogP contribution in [0.5, 0.6) is 0 Å². The van der Waals surface area contributed by atoms with Gasteiger partial charge in [-0.05, 0) is 36.4 Å². The number of pyridine rings is 1. The summed E-state index contributed by atoms with van der Waals surface area (Å²) in [5.74, 6) is 0.290. The Morgan fingerprint density at radius 3 is 2.67 bits per heavy atom. The zero-order valence-corrected chi connectivity index (χ0v) is 13.1. The number of carbonyl (C=O) groups excluding carboxylic acids is 1. The first kappa shape index (κ1) is 13.8. The summed E-state index contributed by atoms with van der Waals surface area (Å²) in [5, 5.41) is 3.18. The molecule has 21 heavy (non-hydrogen) atoms. The number of benzene rings is 1. The molecule has 0 saturated carbocycles. The van der Waals surface area contributed by atoms with Crippen LogP contribution in [0.1, 0.15) is 10.4 Å². The molecule has 104 valence electrons. The van der Waals surface area contributed by atoms with Crippen LogP contribution < -0.4 is 5.32 Å². The summed E-state index contributed by atoms with van der Waals surface area (Å²) in [5.41, 5.74) is 1.24. The zero-order chi connectivity index (χ0) is 14.7. The molecule has 3 rings (SSSR count). The lowest BCUT2D eigenvalue weighted by molar-refractivity contribution is 0.102. The minimum atomic E-state index is -0.216. The quantitative estimate of drug-likeness (QED) is 0.774. The first-order chi connectivity index (χ1) is 10.2. The van der Waals surface area contributed by atoms with Gasteiger partial charge in [0.1, 0.15) is 5.69 Å². The minimum absolute atomic E-state index is 0.216. The molecule has 1 N–H and O–H groups in total. The maximum atomic E-state index is 12.1. The number of anilines is 1. The van der Waals surface area contributed by atoms with E-state index in [9.17, 15) is 4.79 Å². The fourth-order valence-electron chi connectivity index (χ4n) is 1.64. The molecule has 0 aliphatic rings. The smallest absolute Gasteiger partial charge is 0.257 e. The van der Waals surface area contributed by atoms with Crippen LogP contribution >= 0.6 is 27.5 Å². The lowest BCUT2D eigenvalue weighted by Gasteiger charge is -2.00. The molecule has 5 nitrogen and oxygen atoms in total. The van der Waals surface area contributed by atoms with Crippen LogP contribution in [-0.4, -0.2) is 20.2 Å². The monoisotopic (exact) mass is 360 g/mol. The zero-order valence-electron chi connectivity index (χ0n) is 10.7. The highest BCUT2D eigenvalue weighted by Crippen LogP contribution is 2.20. The van der Waals surface area contributed by atoms with Crippen molar-refractivity contribution in [3.05, 3.63) is 58.7 Å². The van der Waals surface area contributed by atoms with Gasteiger partial charge in [-0.3, -0.25) is 15.1 Å². The van der Waals surface area contributed by atoms with E-state index in [4.69, 9.17) is 0 Å². The Balaban J connectivity index is 1.75. The van der Waals surface area contributed by atoms with Crippen LogP contribution in [0.15, 0.2) is 53.1 Å². The Kier molecular flexibility index (Phi) is 4.03. The molecule has 0 unspecified atom stereocenters. The molecule has 0 saturated heterocycles. The van der Waals surface area contributed by atoms with Crippen LogP contribution in [0.3, 0.4) is 0 Å². The van der Waals surface area contributed by atoms with E-state index in [-0.39, 0.29) is 5.91 Å². The molecule has 0 bridgehead atoms. The topological polar surface area (TPSA) is 67.8 Å². The normalized spacial score (nSPS) is 10.3. The van der Waals surface area contributed by atoms with Gasteiger partial charge in [0, 0.05) is 27.8 Å². The summed E-state index contributed by atoms with van der Waals surface area (Å²) in [6.07, 6.45) is 1.68. The van der Waals surface area contributed by atoms with Gasteiger partial charge in [0.15, 0.2) is 5.82 Å². The van der Waals surface area contributed by atoms with Crippen molar-refractivity contribution in [2.24, 2.45) is 0 Å². The molecule has 0 radical (unpaired) electrons. The Labute approximate surface area is 133 Å². The van der Waals surface area contributed by atoms with Gasteiger partial charge in [0.2, 0.25) is 5.13 Å². The van der Waals surface area contributed by atoms with Crippen molar-refractivity contribution in [2.75, 3.05) is 5.32 Å². The van der Waals surface area contributed by atoms with E-state index >= 15 is 0 Å². The molecule has 2 heterocycles. The third-order valence-corrected chi connectivity index (χ3v) is 3.81. The molecule has 0 aliphatic heterocycles. The molecule has 3 aromatic rings. The van der Waals surface area contributed by atoms with Gasteiger partial charge in [0.05, 0.1) is 0 Å². The predicted octanol–water partition coefficient (Wildman–Crippen LogP) is 3.61. The third kappa shape index (κ3) is 3.32. The average Bonchev–Trinajstić information content (AvgIpc) is 2.97. The van der Waals surface area contributed by atoms with E-state index in [1.54, 1.807) is 18.3 Å². The van der Waals surface area contributed by atoms with Crippen LogP contribution in [0.2, 0.25) is 0 Å². The van der Waals surface area contributed by atoms with Gasteiger partial charge in [-0.15, -0.1) is 0 Å². The number of hydrogen-bond acceptors (Lipinski definition) is 5. The lowest BCUT2D eigenvalue weighted by atomic mass is 10.2. The van der Waals surface area contributed by atoms with E-state index in [1.807, 2.05) is 30.3 Å². The van der Waals surface area contributed by atoms with Crippen LogP contribution in [0.25, 0.3) is 11.5 Å². The Morgan fingerprint density at radius 1 is 1.14 bits per heavy atom. The number of aromatic nitrogens is 3. The second-order valence-corrected chi connectivity index (χ2v) is 5.77. The van der Waals surface area contributed by atoms with Gasteiger partial charge in [-0.2, -0.15) is 9.36 Å². The average molecular weight is 361 g/mol. The highest BCUT2D eigenvalue weighted by Gasteiger charge is 2.11. The molecule has 0 atom stereocenters. The van der Waals surface area contributed by atoms with Crippen molar-refractivity contribution < 1.29 is 4.79 Å². The summed E-state index contributed by atoms with van der Waals surface area (Å²) < 4.78 is 5.12. The van der Waals surface area contributed by atoms with Gasteiger partial charge >= 0.3 is 0 Å². The van der Waals surface area contributed by atoms with E-state index in [1.165, 1.54) is 0 Å². The summed E-state index contributed by atoms with van der Waals surface area (Å²) in [6, 6.07) is 12.6. The second kappa shape index (κ2) is 6.11. The molecule has 1 amide bonds. The number of nitrogens with zero attached hydrogens (tertiary/aromatic N) is 3. The number of rotatable bonds is 3. The molecule has 0 aliphatic carbocycles. The fourth-order valence-corrected chi connectivity index (χ4v) is 2.48. The first-order valence-corrected chi connectivity index (χ1v) is 7.61. The second-order valence-electron chi connectivity index (χ2n) is 4.10. The number of nitrogens with one attached hydrogen (secondary N) is 1. The standard InChI is InChI=1S/C14H9BrN4OS/c15-10-6-4-9(5-7-10)13(20)18-14-17-12(19-21-14)11-3-1-2-8-16-11/h1-8H,(H,17,18,19,20). The molecule has 7 heteroatoms. The Bertz CT molecular complexity index is 758. The molecule has 0 spiro atoms. The maximum absolute atomic E-state index is 12.1. The van der Waals surface area contributed by atoms with Crippen molar-refractivity contribution in [1.29, 1.82) is 0 Å². The number of amides is 1. The number of carbonyl (C=O) groups is 1. The molecule has 2 aromatic heterocycles. The van der Waals surface area contributed by atoms with E-state index in [2.05, 4.69) is 35.6 Å². The highest BCUT2D eigenvalue weighted by atomic mass is 79.9. The van der Waals surface area contributed by atoms with Gasteiger partial charge in [0.25, 0.3) is 5.91 Å². The molecule has 0 fully saturated rings. The SMILES string of the molecule is O=C(Nc1nc(-c2ccccn2)ns1)c1ccc(Br)cc1. The fraction of sp³-hybridized carbons (Fsp3) is 0. The van der Waals surface area contributed by atoms with Crippen LogP contribution in [0.4, 0.5) is 5.13 Å². The summed E-state index contributed by atoms with van der Waals surface area (Å²) in [7, 11) is 0.